The number of halogens is 1. The minimum atomic E-state index is 0.455. The van der Waals surface area contributed by atoms with Crippen LogP contribution in [0.15, 0.2) is 40.2 Å². The molecule has 0 radical (unpaired) electrons. The summed E-state index contributed by atoms with van der Waals surface area (Å²) in [5.74, 6) is 1.02. The van der Waals surface area contributed by atoms with Gasteiger partial charge in [0.15, 0.2) is 0 Å². The largest absolute Gasteiger partial charge is 0.378 e. The number of hydrogen-bond acceptors (Lipinski definition) is 5. The molecule has 20 heavy (non-hydrogen) atoms. The van der Waals surface area contributed by atoms with Gasteiger partial charge in [-0.15, -0.1) is 11.3 Å². The van der Waals surface area contributed by atoms with Crippen molar-refractivity contribution in [2.75, 3.05) is 19.0 Å². The van der Waals surface area contributed by atoms with Crippen molar-refractivity contribution in [1.82, 2.24) is 10.1 Å². The van der Waals surface area contributed by atoms with Gasteiger partial charge in [-0.2, -0.15) is 4.98 Å². The highest BCUT2D eigenvalue weighted by molar-refractivity contribution is 7.14. The Morgan fingerprint density at radius 2 is 1.90 bits per heavy atom. The van der Waals surface area contributed by atoms with Gasteiger partial charge in [0.1, 0.15) is 4.88 Å². The Balaban J connectivity index is 1.92. The van der Waals surface area contributed by atoms with Gasteiger partial charge in [-0.3, -0.25) is 0 Å². The summed E-state index contributed by atoms with van der Waals surface area (Å²) in [4.78, 5) is 7.23. The first-order valence-electron chi connectivity index (χ1n) is 6.00. The third-order valence-electron chi connectivity index (χ3n) is 2.88. The molecular formula is C14H12ClN3OS. The highest BCUT2D eigenvalue weighted by atomic mass is 35.5. The predicted octanol–water partition coefficient (Wildman–Crippen LogP) is 4.18. The summed E-state index contributed by atoms with van der Waals surface area (Å²) < 4.78 is 5.28. The fourth-order valence-electron chi connectivity index (χ4n) is 1.79. The van der Waals surface area contributed by atoms with Crippen molar-refractivity contribution in [2.45, 2.75) is 0 Å². The van der Waals surface area contributed by atoms with Crippen LogP contribution in [-0.4, -0.2) is 24.2 Å². The van der Waals surface area contributed by atoms with Gasteiger partial charge >= 0.3 is 0 Å². The molecule has 0 aliphatic heterocycles. The molecule has 0 bridgehead atoms. The van der Waals surface area contributed by atoms with E-state index in [-0.39, 0.29) is 0 Å². The Bertz CT molecular complexity index is 718. The van der Waals surface area contributed by atoms with Gasteiger partial charge in [0.25, 0.3) is 5.89 Å². The number of nitrogens with zero attached hydrogens (tertiary/aromatic N) is 3. The molecule has 0 amide bonds. The molecule has 1 aromatic carbocycles. The van der Waals surface area contributed by atoms with Crippen LogP contribution in [0.2, 0.25) is 5.02 Å². The van der Waals surface area contributed by atoms with Crippen molar-refractivity contribution in [1.29, 1.82) is 0 Å². The van der Waals surface area contributed by atoms with Crippen molar-refractivity contribution in [3.8, 4) is 22.2 Å². The van der Waals surface area contributed by atoms with Gasteiger partial charge in [-0.25, -0.2) is 0 Å². The van der Waals surface area contributed by atoms with E-state index in [0.29, 0.717) is 16.7 Å². The Hall–Kier alpha value is -1.85. The van der Waals surface area contributed by atoms with E-state index in [0.717, 1.165) is 16.1 Å². The highest BCUT2D eigenvalue weighted by Crippen LogP contribution is 2.33. The van der Waals surface area contributed by atoms with Gasteiger partial charge in [0.2, 0.25) is 5.82 Å². The molecule has 2 heterocycles. The van der Waals surface area contributed by atoms with Crippen LogP contribution in [0.5, 0.6) is 0 Å². The second-order valence-corrected chi connectivity index (χ2v) is 5.79. The summed E-state index contributed by atoms with van der Waals surface area (Å²) in [6, 6.07) is 9.80. The van der Waals surface area contributed by atoms with Crippen LogP contribution in [0, 0.1) is 0 Å². The van der Waals surface area contributed by atoms with Gasteiger partial charge in [0.05, 0.1) is 5.02 Å². The Kier molecular flexibility index (Phi) is 3.46. The second kappa shape index (κ2) is 5.26. The molecule has 3 aromatic rings. The molecule has 0 aliphatic carbocycles. The monoisotopic (exact) mass is 305 g/mol. The van der Waals surface area contributed by atoms with Crippen molar-refractivity contribution >= 4 is 28.6 Å². The molecule has 0 atom stereocenters. The zero-order valence-corrected chi connectivity index (χ0v) is 12.6. The average molecular weight is 306 g/mol. The Labute approximate surface area is 125 Å². The van der Waals surface area contributed by atoms with E-state index in [1.807, 2.05) is 54.7 Å². The molecule has 0 unspecified atom stereocenters. The predicted molar refractivity (Wildman–Crippen MR) is 82.4 cm³/mol. The average Bonchev–Trinajstić information content (AvgIpc) is 3.07. The van der Waals surface area contributed by atoms with E-state index in [2.05, 4.69) is 10.1 Å². The number of anilines is 1. The van der Waals surface area contributed by atoms with Crippen LogP contribution in [0.1, 0.15) is 0 Å². The maximum absolute atomic E-state index is 6.06. The van der Waals surface area contributed by atoms with Crippen molar-refractivity contribution < 1.29 is 4.52 Å². The Morgan fingerprint density at radius 1 is 1.15 bits per heavy atom. The lowest BCUT2D eigenvalue weighted by atomic mass is 10.2. The number of aromatic nitrogens is 2. The standard InChI is InChI=1S/C14H12ClN3OS/c1-18(2)10-5-3-9(4-6-10)13-16-14(19-17-13)12-11(15)7-8-20-12/h3-8H,1-2H3. The SMILES string of the molecule is CN(C)c1ccc(-c2noc(-c3sccc3Cl)n2)cc1. The molecule has 0 spiro atoms. The summed E-state index contributed by atoms with van der Waals surface area (Å²) in [7, 11) is 4.00. The van der Waals surface area contributed by atoms with Crippen LogP contribution < -0.4 is 4.90 Å². The van der Waals surface area contributed by atoms with Gasteiger partial charge < -0.3 is 9.42 Å². The van der Waals surface area contributed by atoms with E-state index in [1.54, 1.807) is 0 Å². The van der Waals surface area contributed by atoms with Gasteiger partial charge in [0, 0.05) is 25.3 Å². The molecule has 0 saturated heterocycles. The summed E-state index contributed by atoms with van der Waals surface area (Å²) in [6.45, 7) is 0. The maximum Gasteiger partial charge on any atom is 0.269 e. The van der Waals surface area contributed by atoms with Crippen LogP contribution in [-0.2, 0) is 0 Å². The zero-order chi connectivity index (χ0) is 14.1. The molecule has 0 fully saturated rings. The topological polar surface area (TPSA) is 42.2 Å². The van der Waals surface area contributed by atoms with Crippen LogP contribution >= 0.6 is 22.9 Å². The first kappa shape index (κ1) is 13.1. The first-order valence-corrected chi connectivity index (χ1v) is 7.26. The zero-order valence-electron chi connectivity index (χ0n) is 11.0. The molecule has 4 nitrogen and oxygen atoms in total. The van der Waals surface area contributed by atoms with E-state index in [1.165, 1.54) is 11.3 Å². The fourth-order valence-corrected chi connectivity index (χ4v) is 2.84. The number of hydrogen-bond donors (Lipinski definition) is 0. The molecule has 3 rings (SSSR count). The lowest BCUT2D eigenvalue weighted by molar-refractivity contribution is 0.433. The second-order valence-electron chi connectivity index (χ2n) is 4.46. The summed E-state index contributed by atoms with van der Waals surface area (Å²) >= 11 is 7.54. The van der Waals surface area contributed by atoms with Crippen LogP contribution in [0.4, 0.5) is 5.69 Å². The van der Waals surface area contributed by atoms with Crippen molar-refractivity contribution in [2.24, 2.45) is 0 Å². The molecule has 0 aliphatic rings. The Morgan fingerprint density at radius 3 is 2.50 bits per heavy atom. The minimum absolute atomic E-state index is 0.455. The lowest BCUT2D eigenvalue weighted by Gasteiger charge is -2.11. The summed E-state index contributed by atoms with van der Waals surface area (Å²) in [5.41, 5.74) is 2.04. The van der Waals surface area contributed by atoms with Gasteiger partial charge in [-0.1, -0.05) is 16.8 Å². The molecule has 0 N–H and O–H groups in total. The number of rotatable bonds is 3. The van der Waals surface area contributed by atoms with E-state index in [4.69, 9.17) is 16.1 Å². The first-order chi connectivity index (χ1) is 9.65. The van der Waals surface area contributed by atoms with E-state index in [9.17, 15) is 0 Å². The van der Waals surface area contributed by atoms with Gasteiger partial charge in [-0.05, 0) is 35.7 Å². The quantitative estimate of drug-likeness (QED) is 0.728. The third-order valence-corrected chi connectivity index (χ3v) is 4.21. The minimum Gasteiger partial charge on any atom is -0.378 e. The van der Waals surface area contributed by atoms with Crippen LogP contribution in [0.25, 0.3) is 22.2 Å². The lowest BCUT2D eigenvalue weighted by Crippen LogP contribution is -2.07. The molecular weight excluding hydrogens is 294 g/mol. The molecule has 2 aromatic heterocycles. The number of benzene rings is 1. The van der Waals surface area contributed by atoms with Crippen molar-refractivity contribution in [3.63, 3.8) is 0 Å². The smallest absolute Gasteiger partial charge is 0.269 e. The van der Waals surface area contributed by atoms with E-state index < -0.39 is 0 Å². The molecule has 0 saturated carbocycles. The van der Waals surface area contributed by atoms with Crippen LogP contribution in [0.3, 0.4) is 0 Å². The maximum atomic E-state index is 6.06. The highest BCUT2D eigenvalue weighted by Gasteiger charge is 2.14. The van der Waals surface area contributed by atoms with E-state index >= 15 is 0 Å². The molecule has 102 valence electrons. The summed E-state index contributed by atoms with van der Waals surface area (Å²) in [5, 5.41) is 6.54. The fraction of sp³-hybridized carbons (Fsp3) is 0.143. The normalized spacial score (nSPS) is 10.8. The molecule has 6 heteroatoms. The van der Waals surface area contributed by atoms with Crippen molar-refractivity contribution in [3.05, 3.63) is 40.7 Å². The number of thiophene rings is 1. The summed E-state index contributed by atoms with van der Waals surface area (Å²) in [6.07, 6.45) is 0. The third kappa shape index (κ3) is 2.42.